The summed E-state index contributed by atoms with van der Waals surface area (Å²) in [7, 11) is 0. The molecule has 0 saturated heterocycles. The molecule has 2 rings (SSSR count). The van der Waals surface area contributed by atoms with Gasteiger partial charge in [0.05, 0.1) is 6.61 Å². The van der Waals surface area contributed by atoms with Crippen molar-refractivity contribution in [2.45, 2.75) is 39.7 Å². The summed E-state index contributed by atoms with van der Waals surface area (Å²) in [6.07, 6.45) is 1.70. The predicted molar refractivity (Wildman–Crippen MR) is 105 cm³/mol. The van der Waals surface area contributed by atoms with E-state index in [2.05, 4.69) is 12.2 Å². The second kappa shape index (κ2) is 9.82. The van der Waals surface area contributed by atoms with Crippen LogP contribution in [-0.4, -0.2) is 25.2 Å². The highest BCUT2D eigenvalue weighted by molar-refractivity contribution is 5.91. The molecule has 0 spiro atoms. The number of amides is 1. The zero-order valence-corrected chi connectivity index (χ0v) is 15.7. The molecule has 1 amide bonds. The van der Waals surface area contributed by atoms with E-state index >= 15 is 0 Å². The van der Waals surface area contributed by atoms with E-state index in [0.29, 0.717) is 18.1 Å². The monoisotopic (exact) mass is 356 g/mol. The van der Waals surface area contributed by atoms with E-state index in [1.165, 1.54) is 0 Å². The predicted octanol–water partition coefficient (Wildman–Crippen LogP) is 3.69. The van der Waals surface area contributed by atoms with Crippen molar-refractivity contribution in [3.05, 3.63) is 53.6 Å². The second-order valence-corrected chi connectivity index (χ2v) is 6.29. The number of nitrogens with two attached hydrogens (primary N) is 1. The van der Waals surface area contributed by atoms with Crippen molar-refractivity contribution in [2.75, 3.05) is 18.5 Å². The van der Waals surface area contributed by atoms with Crippen LogP contribution in [0.3, 0.4) is 0 Å². The average Bonchev–Trinajstić information content (AvgIpc) is 2.63. The van der Waals surface area contributed by atoms with Crippen LogP contribution in [0, 0.1) is 6.92 Å². The van der Waals surface area contributed by atoms with Gasteiger partial charge in [0.2, 0.25) is 0 Å². The van der Waals surface area contributed by atoms with Crippen molar-refractivity contribution in [3.8, 4) is 11.5 Å². The van der Waals surface area contributed by atoms with Gasteiger partial charge in [-0.2, -0.15) is 0 Å². The molecule has 0 fully saturated rings. The zero-order chi connectivity index (χ0) is 18.9. The maximum Gasteiger partial charge on any atom is 0.262 e. The Morgan fingerprint density at radius 2 is 1.81 bits per heavy atom. The number of hydrogen-bond acceptors (Lipinski definition) is 4. The molecule has 2 aromatic carbocycles. The first-order chi connectivity index (χ1) is 12.5. The van der Waals surface area contributed by atoms with Crippen molar-refractivity contribution in [3.63, 3.8) is 0 Å². The van der Waals surface area contributed by atoms with Gasteiger partial charge in [0.25, 0.3) is 5.91 Å². The Hall–Kier alpha value is -2.53. The van der Waals surface area contributed by atoms with E-state index in [0.717, 1.165) is 29.7 Å². The summed E-state index contributed by atoms with van der Waals surface area (Å²) in [5.74, 6) is 0.976. The van der Waals surface area contributed by atoms with Crippen molar-refractivity contribution in [2.24, 2.45) is 5.73 Å². The maximum atomic E-state index is 12.1. The maximum absolute atomic E-state index is 12.1. The lowest BCUT2D eigenvalue weighted by Gasteiger charge is -2.15. The normalized spacial score (nSPS) is 11.7. The van der Waals surface area contributed by atoms with Gasteiger partial charge in [-0.1, -0.05) is 30.7 Å². The van der Waals surface area contributed by atoms with Crippen LogP contribution in [0.5, 0.6) is 11.5 Å². The van der Waals surface area contributed by atoms with E-state index in [1.54, 1.807) is 0 Å². The molecular formula is C21H28N2O3. The summed E-state index contributed by atoms with van der Waals surface area (Å²) in [6, 6.07) is 13.5. The fraction of sp³-hybridized carbons (Fsp3) is 0.381. The van der Waals surface area contributed by atoms with Gasteiger partial charge in [0.15, 0.2) is 18.1 Å². The van der Waals surface area contributed by atoms with Gasteiger partial charge in [-0.15, -0.1) is 0 Å². The largest absolute Gasteiger partial charge is 0.490 e. The Morgan fingerprint density at radius 1 is 1.08 bits per heavy atom. The highest BCUT2D eigenvalue weighted by Crippen LogP contribution is 2.29. The smallest absolute Gasteiger partial charge is 0.262 e. The second-order valence-electron chi connectivity index (χ2n) is 6.29. The molecule has 5 heteroatoms. The van der Waals surface area contributed by atoms with Crippen LogP contribution in [0.2, 0.25) is 0 Å². The Bertz CT molecular complexity index is 714. The molecule has 5 nitrogen and oxygen atoms in total. The third-order valence-electron chi connectivity index (χ3n) is 4.02. The van der Waals surface area contributed by atoms with Crippen LogP contribution < -0.4 is 20.5 Å². The van der Waals surface area contributed by atoms with E-state index in [9.17, 15) is 4.79 Å². The molecule has 0 aliphatic rings. The van der Waals surface area contributed by atoms with Gasteiger partial charge in [-0.3, -0.25) is 4.79 Å². The van der Waals surface area contributed by atoms with Crippen LogP contribution in [0.15, 0.2) is 42.5 Å². The van der Waals surface area contributed by atoms with Gasteiger partial charge in [0.1, 0.15) is 0 Å². The number of anilines is 1. The van der Waals surface area contributed by atoms with Crippen LogP contribution in [-0.2, 0) is 11.2 Å². The van der Waals surface area contributed by atoms with Crippen LogP contribution in [0.25, 0.3) is 0 Å². The van der Waals surface area contributed by atoms with Crippen molar-refractivity contribution in [1.82, 2.24) is 0 Å². The van der Waals surface area contributed by atoms with Crippen molar-refractivity contribution in [1.29, 1.82) is 0 Å². The molecule has 3 N–H and O–H groups in total. The molecule has 1 unspecified atom stereocenters. The molecule has 0 heterocycles. The summed E-state index contributed by atoms with van der Waals surface area (Å²) in [6.45, 7) is 6.43. The molecule has 0 bridgehead atoms. The lowest BCUT2D eigenvalue weighted by atomic mass is 10.0. The Morgan fingerprint density at radius 3 is 2.46 bits per heavy atom. The highest BCUT2D eigenvalue weighted by Gasteiger charge is 2.11. The number of aryl methyl sites for hydroxylation is 1. The molecule has 0 aliphatic heterocycles. The number of ether oxygens (including phenoxy) is 2. The summed E-state index contributed by atoms with van der Waals surface area (Å²) in [5, 5.41) is 2.81. The molecule has 0 aliphatic carbocycles. The highest BCUT2D eigenvalue weighted by atomic mass is 16.5. The van der Waals surface area contributed by atoms with Crippen LogP contribution in [0.1, 0.15) is 31.4 Å². The lowest BCUT2D eigenvalue weighted by molar-refractivity contribution is -0.118. The lowest BCUT2D eigenvalue weighted by Crippen LogP contribution is -2.21. The summed E-state index contributed by atoms with van der Waals surface area (Å²) in [5.41, 5.74) is 9.01. The first-order valence-corrected chi connectivity index (χ1v) is 9.02. The molecule has 1 atom stereocenters. The van der Waals surface area contributed by atoms with E-state index in [-0.39, 0.29) is 18.6 Å². The molecule has 0 saturated carbocycles. The van der Waals surface area contributed by atoms with Crippen molar-refractivity contribution >= 4 is 11.6 Å². The number of nitrogens with one attached hydrogen (secondary N) is 1. The molecule has 140 valence electrons. The summed E-state index contributed by atoms with van der Waals surface area (Å²) in [4.78, 5) is 12.1. The average molecular weight is 356 g/mol. The molecule has 2 aromatic rings. The fourth-order valence-electron chi connectivity index (χ4n) is 2.49. The Labute approximate surface area is 155 Å². The summed E-state index contributed by atoms with van der Waals surface area (Å²) < 4.78 is 11.3. The van der Waals surface area contributed by atoms with Crippen molar-refractivity contribution < 1.29 is 14.3 Å². The fourth-order valence-corrected chi connectivity index (χ4v) is 2.49. The molecule has 26 heavy (non-hydrogen) atoms. The van der Waals surface area contributed by atoms with Crippen LogP contribution in [0.4, 0.5) is 5.69 Å². The zero-order valence-electron chi connectivity index (χ0n) is 15.7. The Balaban J connectivity index is 1.98. The minimum absolute atomic E-state index is 0.0816. The number of rotatable bonds is 9. The van der Waals surface area contributed by atoms with Gasteiger partial charge in [-0.05, 0) is 56.5 Å². The van der Waals surface area contributed by atoms with Gasteiger partial charge >= 0.3 is 0 Å². The quantitative estimate of drug-likeness (QED) is 0.719. The van der Waals surface area contributed by atoms with E-state index in [1.807, 2.05) is 56.3 Å². The molecular weight excluding hydrogens is 328 g/mol. The SMILES string of the molecule is CCOc1cc(CC(N)CC)ccc1OCC(=O)Nc1ccc(C)cc1. The number of benzene rings is 2. The first-order valence-electron chi connectivity index (χ1n) is 9.02. The van der Waals surface area contributed by atoms with E-state index in [4.69, 9.17) is 15.2 Å². The van der Waals surface area contributed by atoms with Crippen LogP contribution >= 0.6 is 0 Å². The van der Waals surface area contributed by atoms with Gasteiger partial charge in [-0.25, -0.2) is 0 Å². The van der Waals surface area contributed by atoms with Gasteiger partial charge in [0, 0.05) is 11.7 Å². The topological polar surface area (TPSA) is 73.6 Å². The number of carbonyl (C=O) groups excluding carboxylic acids is 1. The minimum atomic E-state index is -0.214. The Kier molecular flexibility index (Phi) is 7.48. The molecule has 0 radical (unpaired) electrons. The van der Waals surface area contributed by atoms with Gasteiger partial charge < -0.3 is 20.5 Å². The number of carbonyl (C=O) groups is 1. The van der Waals surface area contributed by atoms with E-state index < -0.39 is 0 Å². The third-order valence-corrected chi connectivity index (χ3v) is 4.02. The molecule has 0 aromatic heterocycles. The minimum Gasteiger partial charge on any atom is -0.490 e. The third kappa shape index (κ3) is 6.08. The number of hydrogen-bond donors (Lipinski definition) is 2. The summed E-state index contributed by atoms with van der Waals surface area (Å²) >= 11 is 0. The first kappa shape index (κ1) is 19.8. The standard InChI is InChI=1S/C21H28N2O3/c1-4-17(22)12-16-8-11-19(20(13-16)25-5-2)26-14-21(24)23-18-9-6-15(3)7-10-18/h6-11,13,17H,4-5,12,14,22H2,1-3H3,(H,23,24).